The van der Waals surface area contributed by atoms with E-state index in [2.05, 4.69) is 153 Å². The number of benzene rings is 6. The Balaban J connectivity index is 1.38. The maximum atomic E-state index is 2.49. The van der Waals surface area contributed by atoms with Crippen molar-refractivity contribution in [3.8, 4) is 33.4 Å². The Hall–Kier alpha value is -4.82. The van der Waals surface area contributed by atoms with E-state index in [-0.39, 0.29) is 6.71 Å². The molecule has 0 amide bonds. The summed E-state index contributed by atoms with van der Waals surface area (Å²) in [6.45, 7) is 6.81. The predicted molar refractivity (Wildman–Crippen MR) is 176 cm³/mol. The topological polar surface area (TPSA) is 3.24 Å². The second-order valence-corrected chi connectivity index (χ2v) is 11.7. The molecule has 1 nitrogen and oxygen atoms in total. The molecule has 0 bridgehead atoms. The first-order valence-electron chi connectivity index (χ1n) is 14.5. The first-order chi connectivity index (χ1) is 20.0. The SMILES string of the molecule is Cc1ccc(N2c3ccc(C)cc3B3c4cc(C)ccc4-c4cc(-c5ccc(-c6ccccc6)cc5)cc2c43)cc1. The molecule has 0 atom stereocenters. The molecule has 0 unspecified atom stereocenters. The van der Waals surface area contributed by atoms with Crippen molar-refractivity contribution in [2.24, 2.45) is 0 Å². The molecule has 6 aromatic rings. The molecular weight excluding hydrogens is 493 g/mol. The summed E-state index contributed by atoms with van der Waals surface area (Å²) in [6.07, 6.45) is 0. The predicted octanol–water partition coefficient (Wildman–Crippen LogP) is 8.23. The van der Waals surface area contributed by atoms with Crippen LogP contribution >= 0.6 is 0 Å². The van der Waals surface area contributed by atoms with Crippen LogP contribution < -0.4 is 21.3 Å². The second kappa shape index (κ2) is 9.11. The summed E-state index contributed by atoms with van der Waals surface area (Å²) < 4.78 is 0. The van der Waals surface area contributed by atoms with Gasteiger partial charge < -0.3 is 4.90 Å². The summed E-state index contributed by atoms with van der Waals surface area (Å²) in [7, 11) is 0. The van der Waals surface area contributed by atoms with E-state index < -0.39 is 0 Å². The monoisotopic (exact) mass is 523 g/mol. The molecule has 0 spiro atoms. The third-order valence-corrected chi connectivity index (χ3v) is 8.85. The average Bonchev–Trinajstić information content (AvgIpc) is 3.33. The Bertz CT molecular complexity index is 1950. The highest BCUT2D eigenvalue weighted by molar-refractivity contribution is 7.01. The van der Waals surface area contributed by atoms with E-state index in [1.807, 2.05) is 0 Å². The number of fused-ring (bicyclic) bond motifs is 5. The molecule has 2 aliphatic heterocycles. The summed E-state index contributed by atoms with van der Waals surface area (Å²) >= 11 is 0. The van der Waals surface area contributed by atoms with Gasteiger partial charge in [-0.3, -0.25) is 0 Å². The highest BCUT2D eigenvalue weighted by Crippen LogP contribution is 2.43. The van der Waals surface area contributed by atoms with Crippen LogP contribution in [0.5, 0.6) is 0 Å². The van der Waals surface area contributed by atoms with Gasteiger partial charge in [-0.15, -0.1) is 0 Å². The van der Waals surface area contributed by atoms with Crippen molar-refractivity contribution in [1.29, 1.82) is 0 Å². The first kappa shape index (κ1) is 24.0. The molecule has 8 rings (SSSR count). The molecule has 0 N–H and O–H groups in total. The van der Waals surface area contributed by atoms with Gasteiger partial charge in [0.2, 0.25) is 6.71 Å². The fourth-order valence-corrected chi connectivity index (χ4v) is 6.86. The minimum atomic E-state index is 0.237. The zero-order chi connectivity index (χ0) is 27.7. The molecule has 0 radical (unpaired) electrons. The quantitative estimate of drug-likeness (QED) is 0.211. The van der Waals surface area contributed by atoms with Crippen molar-refractivity contribution in [2.45, 2.75) is 20.8 Å². The van der Waals surface area contributed by atoms with Gasteiger partial charge in [-0.2, -0.15) is 0 Å². The Labute approximate surface area is 242 Å². The van der Waals surface area contributed by atoms with E-state index >= 15 is 0 Å². The zero-order valence-electron chi connectivity index (χ0n) is 23.6. The molecular formula is C39H30BN. The van der Waals surface area contributed by atoms with Crippen LogP contribution in [0.25, 0.3) is 33.4 Å². The smallest absolute Gasteiger partial charge is 0.248 e. The summed E-state index contributed by atoms with van der Waals surface area (Å²) in [4.78, 5) is 2.49. The highest BCUT2D eigenvalue weighted by atomic mass is 15.1. The normalized spacial score (nSPS) is 12.7. The number of rotatable bonds is 3. The molecule has 0 saturated heterocycles. The summed E-state index contributed by atoms with van der Waals surface area (Å²) in [5, 5.41) is 0. The standard InChI is InChI=1S/C39H30BN/c1-25-9-17-32(18-10-25)41-37-20-12-27(3)22-36(37)40-35-21-26(2)11-19-33(35)34-23-31(24-38(41)39(34)40)30-15-13-29(14-16-30)28-7-5-4-6-8-28/h4-24H,1-3H3. The number of hydrogen-bond donors (Lipinski definition) is 0. The maximum absolute atomic E-state index is 2.49. The minimum Gasteiger partial charge on any atom is -0.311 e. The summed E-state index contributed by atoms with van der Waals surface area (Å²) in [5.41, 5.74) is 19.6. The average molecular weight is 523 g/mol. The first-order valence-corrected chi connectivity index (χ1v) is 14.5. The van der Waals surface area contributed by atoms with Crippen LogP contribution in [0.3, 0.4) is 0 Å². The Morgan fingerprint density at radius 1 is 0.439 bits per heavy atom. The third-order valence-electron chi connectivity index (χ3n) is 8.85. The van der Waals surface area contributed by atoms with Gasteiger partial charge in [0, 0.05) is 17.1 Å². The maximum Gasteiger partial charge on any atom is 0.248 e. The molecule has 0 aromatic heterocycles. The van der Waals surface area contributed by atoms with Gasteiger partial charge in [0.05, 0.1) is 0 Å². The van der Waals surface area contributed by atoms with Crippen molar-refractivity contribution in [2.75, 3.05) is 4.90 Å². The van der Waals surface area contributed by atoms with Crippen molar-refractivity contribution in [3.05, 3.63) is 144 Å². The molecule has 2 heterocycles. The molecule has 194 valence electrons. The van der Waals surface area contributed by atoms with Gasteiger partial charge >= 0.3 is 0 Å². The van der Waals surface area contributed by atoms with Gasteiger partial charge in [0.25, 0.3) is 0 Å². The van der Waals surface area contributed by atoms with Gasteiger partial charge in [-0.25, -0.2) is 0 Å². The van der Waals surface area contributed by atoms with E-state index in [0.717, 1.165) is 0 Å². The molecule has 0 fully saturated rings. The van der Waals surface area contributed by atoms with Crippen LogP contribution in [-0.4, -0.2) is 6.71 Å². The number of aryl methyl sites for hydroxylation is 3. The van der Waals surface area contributed by atoms with E-state index in [1.54, 1.807) is 0 Å². The Morgan fingerprint density at radius 2 is 1.05 bits per heavy atom. The van der Waals surface area contributed by atoms with Gasteiger partial charge in [-0.05, 0) is 95.4 Å². The lowest BCUT2D eigenvalue weighted by Crippen LogP contribution is -2.54. The number of hydrogen-bond acceptors (Lipinski definition) is 1. The summed E-state index contributed by atoms with van der Waals surface area (Å²) in [5.74, 6) is 0. The van der Waals surface area contributed by atoms with Crippen molar-refractivity contribution >= 4 is 40.2 Å². The fourth-order valence-electron chi connectivity index (χ4n) is 6.86. The number of anilines is 3. The molecule has 2 aliphatic rings. The van der Waals surface area contributed by atoms with E-state index in [4.69, 9.17) is 0 Å². The third kappa shape index (κ3) is 3.78. The Morgan fingerprint density at radius 3 is 1.78 bits per heavy atom. The van der Waals surface area contributed by atoms with Crippen molar-refractivity contribution in [1.82, 2.24) is 0 Å². The van der Waals surface area contributed by atoms with Gasteiger partial charge in [-0.1, -0.05) is 119 Å². The van der Waals surface area contributed by atoms with Crippen LogP contribution in [0.15, 0.2) is 127 Å². The molecule has 41 heavy (non-hydrogen) atoms. The van der Waals surface area contributed by atoms with E-state index in [0.29, 0.717) is 0 Å². The van der Waals surface area contributed by atoms with Crippen molar-refractivity contribution < 1.29 is 0 Å². The van der Waals surface area contributed by atoms with Crippen LogP contribution in [0, 0.1) is 20.8 Å². The molecule has 0 aliphatic carbocycles. The van der Waals surface area contributed by atoms with E-state index in [1.165, 1.54) is 83.5 Å². The molecule has 0 saturated carbocycles. The zero-order valence-corrected chi connectivity index (χ0v) is 23.6. The second-order valence-electron chi connectivity index (χ2n) is 11.7. The largest absolute Gasteiger partial charge is 0.311 e. The summed E-state index contributed by atoms with van der Waals surface area (Å²) in [6, 6.07) is 47.5. The Kier molecular flexibility index (Phi) is 5.34. The lowest BCUT2D eigenvalue weighted by molar-refractivity contribution is 1.28. The fraction of sp³-hybridized carbons (Fsp3) is 0.0769. The minimum absolute atomic E-state index is 0.237. The molecule has 6 aromatic carbocycles. The van der Waals surface area contributed by atoms with Crippen LogP contribution in [-0.2, 0) is 0 Å². The highest BCUT2D eigenvalue weighted by Gasteiger charge is 2.42. The van der Waals surface area contributed by atoms with Gasteiger partial charge in [0.15, 0.2) is 0 Å². The van der Waals surface area contributed by atoms with Crippen molar-refractivity contribution in [3.63, 3.8) is 0 Å². The lowest BCUT2D eigenvalue weighted by Gasteiger charge is -2.36. The number of nitrogens with zero attached hydrogens (tertiary/aromatic N) is 1. The van der Waals surface area contributed by atoms with Crippen LogP contribution in [0.1, 0.15) is 16.7 Å². The van der Waals surface area contributed by atoms with Crippen LogP contribution in [0.4, 0.5) is 17.1 Å². The van der Waals surface area contributed by atoms with Crippen LogP contribution in [0.2, 0.25) is 0 Å². The lowest BCUT2D eigenvalue weighted by atomic mass is 9.37. The van der Waals surface area contributed by atoms with Gasteiger partial charge in [0.1, 0.15) is 0 Å². The molecule has 2 heteroatoms. The van der Waals surface area contributed by atoms with E-state index in [9.17, 15) is 0 Å².